The topological polar surface area (TPSA) is 84.9 Å². The summed E-state index contributed by atoms with van der Waals surface area (Å²) in [5.41, 5.74) is 2.25. The molecule has 3 rings (SSSR count). The lowest BCUT2D eigenvalue weighted by molar-refractivity contribution is -0.127. The van der Waals surface area contributed by atoms with Gasteiger partial charge < -0.3 is 14.8 Å². The quantitative estimate of drug-likeness (QED) is 0.470. The molecule has 180 valence electrons. The molecular weight excluding hydrogens is 459 g/mol. The first-order valence-corrected chi connectivity index (χ1v) is 12.4. The Morgan fingerprint density at radius 3 is 2.09 bits per heavy atom. The maximum Gasteiger partial charge on any atom is 0.261 e. The van der Waals surface area contributed by atoms with E-state index in [1.165, 1.54) is 19.2 Å². The summed E-state index contributed by atoms with van der Waals surface area (Å²) < 4.78 is 48.7. The van der Waals surface area contributed by atoms with Crippen LogP contribution in [0.5, 0.6) is 11.5 Å². The van der Waals surface area contributed by atoms with E-state index in [9.17, 15) is 17.6 Å². The van der Waals surface area contributed by atoms with Crippen molar-refractivity contribution in [2.75, 3.05) is 17.6 Å². The molecule has 0 aliphatic carbocycles. The minimum atomic E-state index is -3.35. The molecule has 1 N–H and O–H groups in total. The van der Waals surface area contributed by atoms with Crippen molar-refractivity contribution in [3.8, 4) is 11.5 Å². The van der Waals surface area contributed by atoms with E-state index in [1.54, 1.807) is 55.5 Å². The number of sulfonamides is 1. The van der Waals surface area contributed by atoms with E-state index >= 15 is 0 Å². The third-order valence-electron chi connectivity index (χ3n) is 5.09. The first kappa shape index (κ1) is 25.0. The second-order valence-electron chi connectivity index (χ2n) is 7.76. The summed E-state index contributed by atoms with van der Waals surface area (Å²) in [4.78, 5) is 12.4. The Morgan fingerprint density at radius 1 is 0.941 bits per heavy atom. The second-order valence-corrected chi connectivity index (χ2v) is 9.78. The van der Waals surface area contributed by atoms with E-state index in [4.69, 9.17) is 9.47 Å². The highest BCUT2D eigenvalue weighted by Crippen LogP contribution is 2.21. The summed E-state index contributed by atoms with van der Waals surface area (Å²) in [6.45, 7) is 2.29. The molecule has 9 heteroatoms. The molecule has 0 aromatic heterocycles. The largest absolute Gasteiger partial charge is 0.489 e. The van der Waals surface area contributed by atoms with Crippen LogP contribution in [-0.2, 0) is 28.0 Å². The van der Waals surface area contributed by atoms with Gasteiger partial charge >= 0.3 is 0 Å². The van der Waals surface area contributed by atoms with Crippen molar-refractivity contribution in [3.05, 3.63) is 89.7 Å². The predicted octanol–water partition coefficient (Wildman–Crippen LogP) is 3.88. The number of nitrogens with one attached hydrogen (secondary N) is 1. The lowest BCUT2D eigenvalue weighted by atomic mass is 10.2. The van der Waals surface area contributed by atoms with Gasteiger partial charge in [-0.2, -0.15) is 0 Å². The Hall–Kier alpha value is -3.59. The minimum absolute atomic E-state index is 0.283. The average Bonchev–Trinajstić information content (AvgIpc) is 2.82. The number of nitrogens with zero attached hydrogens (tertiary/aromatic N) is 1. The van der Waals surface area contributed by atoms with Crippen molar-refractivity contribution in [3.63, 3.8) is 0 Å². The van der Waals surface area contributed by atoms with Crippen LogP contribution < -0.4 is 19.1 Å². The lowest BCUT2D eigenvalue weighted by Crippen LogP contribution is -2.35. The molecular formula is C25H27FN2O5S. The van der Waals surface area contributed by atoms with E-state index < -0.39 is 16.1 Å². The fraction of sp³-hybridized carbons (Fsp3) is 0.240. The Bertz CT molecular complexity index is 1200. The normalized spacial score (nSPS) is 12.0. The van der Waals surface area contributed by atoms with Crippen LogP contribution >= 0.6 is 0 Å². The molecule has 1 amide bonds. The molecule has 1 atom stereocenters. The zero-order chi connectivity index (χ0) is 24.7. The van der Waals surface area contributed by atoms with Crippen LogP contribution in [0.25, 0.3) is 0 Å². The number of anilines is 1. The zero-order valence-electron chi connectivity index (χ0n) is 19.2. The number of hydrogen-bond acceptors (Lipinski definition) is 5. The molecule has 0 fully saturated rings. The van der Waals surface area contributed by atoms with E-state index in [1.807, 2.05) is 12.1 Å². The van der Waals surface area contributed by atoms with E-state index in [-0.39, 0.29) is 11.7 Å². The van der Waals surface area contributed by atoms with Crippen molar-refractivity contribution in [2.24, 2.45) is 0 Å². The zero-order valence-corrected chi connectivity index (χ0v) is 20.0. The van der Waals surface area contributed by atoms with Crippen LogP contribution in [0.2, 0.25) is 0 Å². The number of rotatable bonds is 10. The van der Waals surface area contributed by atoms with E-state index in [2.05, 4.69) is 5.32 Å². The van der Waals surface area contributed by atoms with Crippen LogP contribution in [0.4, 0.5) is 10.1 Å². The van der Waals surface area contributed by atoms with Crippen molar-refractivity contribution >= 4 is 21.6 Å². The molecule has 34 heavy (non-hydrogen) atoms. The highest BCUT2D eigenvalue weighted by atomic mass is 32.2. The Labute approximate surface area is 199 Å². The molecule has 0 heterocycles. The molecule has 0 radical (unpaired) electrons. The number of amides is 1. The monoisotopic (exact) mass is 486 g/mol. The highest BCUT2D eigenvalue weighted by molar-refractivity contribution is 7.92. The molecule has 0 spiro atoms. The highest BCUT2D eigenvalue weighted by Gasteiger charge is 2.16. The van der Waals surface area contributed by atoms with Gasteiger partial charge in [0.05, 0.1) is 11.9 Å². The maximum atomic E-state index is 13.0. The van der Waals surface area contributed by atoms with E-state index in [0.717, 1.165) is 21.7 Å². The smallest absolute Gasteiger partial charge is 0.261 e. The number of carbonyl (C=O) groups is 1. The minimum Gasteiger partial charge on any atom is -0.489 e. The summed E-state index contributed by atoms with van der Waals surface area (Å²) in [7, 11) is -1.89. The third-order valence-corrected chi connectivity index (χ3v) is 6.29. The standard InChI is InChI=1S/C25H27FN2O5S/c1-18(33-24-14-10-22(11-15-24)28(2)34(3,30)31)25(29)27-16-19-6-12-23(13-7-19)32-17-20-4-8-21(26)9-5-20/h4-15,18H,16-17H2,1-3H3,(H,27,29)/t18-/m1/s1. The van der Waals surface area contributed by atoms with Gasteiger partial charge in [0.15, 0.2) is 6.10 Å². The first-order chi connectivity index (χ1) is 16.1. The molecule has 0 saturated heterocycles. The van der Waals surface area contributed by atoms with Crippen molar-refractivity contribution < 1.29 is 27.1 Å². The van der Waals surface area contributed by atoms with Gasteiger partial charge in [-0.25, -0.2) is 12.8 Å². The summed E-state index contributed by atoms with van der Waals surface area (Å²) in [5, 5.41) is 2.82. The van der Waals surface area contributed by atoms with Gasteiger partial charge in [-0.3, -0.25) is 9.10 Å². The number of ether oxygens (including phenoxy) is 2. The van der Waals surface area contributed by atoms with E-state index in [0.29, 0.717) is 30.3 Å². The Balaban J connectivity index is 1.46. The number of hydrogen-bond donors (Lipinski definition) is 1. The van der Waals surface area contributed by atoms with Gasteiger partial charge in [0.2, 0.25) is 10.0 Å². The van der Waals surface area contributed by atoms with Crippen molar-refractivity contribution in [1.29, 1.82) is 0 Å². The number of halogens is 1. The summed E-state index contributed by atoms with van der Waals surface area (Å²) in [6.07, 6.45) is 0.384. The van der Waals surface area contributed by atoms with Gasteiger partial charge in [-0.1, -0.05) is 24.3 Å². The van der Waals surface area contributed by atoms with Crippen molar-refractivity contribution in [1.82, 2.24) is 5.32 Å². The number of benzene rings is 3. The van der Waals surface area contributed by atoms with Crippen molar-refractivity contribution in [2.45, 2.75) is 26.2 Å². The molecule has 3 aromatic carbocycles. The predicted molar refractivity (Wildman–Crippen MR) is 129 cm³/mol. The Morgan fingerprint density at radius 2 is 1.50 bits per heavy atom. The van der Waals surface area contributed by atoms with Gasteiger partial charge in [0.1, 0.15) is 23.9 Å². The molecule has 0 unspecified atom stereocenters. The molecule has 0 aliphatic rings. The summed E-state index contributed by atoms with van der Waals surface area (Å²) in [6, 6.07) is 19.9. The Kier molecular flexibility index (Phi) is 8.12. The average molecular weight is 487 g/mol. The molecule has 0 aliphatic heterocycles. The fourth-order valence-electron chi connectivity index (χ4n) is 2.97. The molecule has 0 bridgehead atoms. The van der Waals surface area contributed by atoms with Crippen LogP contribution in [0.15, 0.2) is 72.8 Å². The van der Waals surface area contributed by atoms with Gasteiger partial charge in [0, 0.05) is 13.6 Å². The first-order valence-electron chi connectivity index (χ1n) is 10.6. The molecule has 7 nitrogen and oxygen atoms in total. The van der Waals surface area contributed by atoms with Gasteiger partial charge in [-0.15, -0.1) is 0 Å². The molecule has 0 saturated carbocycles. The maximum absolute atomic E-state index is 13.0. The summed E-state index contributed by atoms with van der Waals surface area (Å²) in [5.74, 6) is 0.552. The lowest BCUT2D eigenvalue weighted by Gasteiger charge is -2.18. The fourth-order valence-corrected chi connectivity index (χ4v) is 3.47. The van der Waals surface area contributed by atoms with Crippen LogP contribution in [-0.4, -0.2) is 33.7 Å². The van der Waals surface area contributed by atoms with Gasteiger partial charge in [-0.05, 0) is 66.6 Å². The summed E-state index contributed by atoms with van der Waals surface area (Å²) >= 11 is 0. The molecule has 3 aromatic rings. The second kappa shape index (κ2) is 11.0. The van der Waals surface area contributed by atoms with Crippen LogP contribution in [0.1, 0.15) is 18.1 Å². The third kappa shape index (κ3) is 7.21. The van der Waals surface area contributed by atoms with Crippen LogP contribution in [0, 0.1) is 5.82 Å². The van der Waals surface area contributed by atoms with Crippen LogP contribution in [0.3, 0.4) is 0 Å². The van der Waals surface area contributed by atoms with Gasteiger partial charge in [0.25, 0.3) is 5.91 Å². The SMILES string of the molecule is C[C@@H](Oc1ccc(N(C)S(C)(=O)=O)cc1)C(=O)NCc1ccc(OCc2ccc(F)cc2)cc1. The number of carbonyl (C=O) groups excluding carboxylic acids is 1.